The van der Waals surface area contributed by atoms with Gasteiger partial charge in [-0.1, -0.05) is 6.07 Å². The van der Waals surface area contributed by atoms with Crippen LogP contribution in [0.1, 0.15) is 6.92 Å². The first-order valence-corrected chi connectivity index (χ1v) is 7.91. The zero-order valence-electron chi connectivity index (χ0n) is 13.9. The summed E-state index contributed by atoms with van der Waals surface area (Å²) in [5.74, 6) is -0.531. The maximum atomic E-state index is 12.2. The van der Waals surface area contributed by atoms with Crippen molar-refractivity contribution in [1.82, 2.24) is 9.80 Å². The molecule has 1 aromatic carbocycles. The van der Waals surface area contributed by atoms with Gasteiger partial charge in [0.2, 0.25) is 0 Å². The van der Waals surface area contributed by atoms with E-state index in [9.17, 15) is 20.0 Å². The molecule has 1 aromatic rings. The minimum absolute atomic E-state index is 0.0235. The predicted octanol–water partition coefficient (Wildman–Crippen LogP) is 1.51. The van der Waals surface area contributed by atoms with Crippen LogP contribution in [-0.4, -0.2) is 59.7 Å². The number of anilines is 1. The van der Waals surface area contributed by atoms with E-state index in [2.05, 4.69) is 5.32 Å². The molecule has 0 spiro atoms. The third-order valence-corrected chi connectivity index (χ3v) is 3.62. The molecule has 0 saturated carbocycles. The molecule has 1 aliphatic heterocycles. The second kappa shape index (κ2) is 8.59. The van der Waals surface area contributed by atoms with E-state index in [1.807, 2.05) is 11.0 Å². The van der Waals surface area contributed by atoms with Crippen molar-refractivity contribution in [3.05, 3.63) is 36.0 Å². The lowest BCUT2D eigenvalue weighted by Gasteiger charge is -2.33. The van der Waals surface area contributed by atoms with Crippen molar-refractivity contribution in [2.24, 2.45) is 0 Å². The van der Waals surface area contributed by atoms with Crippen LogP contribution < -0.4 is 5.32 Å². The molecule has 0 aromatic heterocycles. The highest BCUT2D eigenvalue weighted by molar-refractivity contribution is 6.06. The summed E-state index contributed by atoms with van der Waals surface area (Å²) in [6.07, 6.45) is 1.13. The molecule has 1 heterocycles. The third kappa shape index (κ3) is 5.14. The number of aromatic hydroxyl groups is 1. The zero-order chi connectivity index (χ0) is 18.2. The van der Waals surface area contributed by atoms with Crippen molar-refractivity contribution >= 4 is 17.7 Å². The van der Waals surface area contributed by atoms with Crippen LogP contribution in [0, 0.1) is 11.3 Å². The fraction of sp³-hybridized carbons (Fsp3) is 0.353. The number of phenols is 1. The van der Waals surface area contributed by atoms with Crippen LogP contribution in [0.4, 0.5) is 10.5 Å². The average Bonchev–Trinajstić information content (AvgIpc) is 2.60. The van der Waals surface area contributed by atoms with Crippen molar-refractivity contribution in [1.29, 1.82) is 5.26 Å². The maximum Gasteiger partial charge on any atom is 0.409 e. The fourth-order valence-electron chi connectivity index (χ4n) is 2.35. The van der Waals surface area contributed by atoms with Crippen LogP contribution in [-0.2, 0) is 9.53 Å². The van der Waals surface area contributed by atoms with Gasteiger partial charge in [-0.05, 0) is 19.1 Å². The van der Waals surface area contributed by atoms with E-state index in [1.54, 1.807) is 24.0 Å². The number of hydrogen-bond acceptors (Lipinski definition) is 6. The number of rotatable bonds is 4. The van der Waals surface area contributed by atoms with Gasteiger partial charge in [-0.2, -0.15) is 5.26 Å². The second-order valence-electron chi connectivity index (χ2n) is 5.38. The molecule has 0 aliphatic carbocycles. The normalized spacial score (nSPS) is 14.6. The summed E-state index contributed by atoms with van der Waals surface area (Å²) in [5.41, 5.74) is 0.353. The zero-order valence-corrected chi connectivity index (χ0v) is 13.9. The molecule has 1 aliphatic rings. The molecule has 2 amide bonds. The van der Waals surface area contributed by atoms with Crippen molar-refractivity contribution in [3.63, 3.8) is 0 Å². The van der Waals surface area contributed by atoms with E-state index < -0.39 is 5.91 Å². The Bertz CT molecular complexity index is 703. The second-order valence-corrected chi connectivity index (χ2v) is 5.38. The number of piperazine rings is 1. The Morgan fingerprint density at radius 2 is 2.08 bits per heavy atom. The van der Waals surface area contributed by atoms with E-state index in [0.29, 0.717) is 38.5 Å². The number of phenolic OH excluding ortho intramolecular Hbond substituents is 1. The molecule has 2 N–H and O–H groups in total. The van der Waals surface area contributed by atoms with Gasteiger partial charge >= 0.3 is 6.09 Å². The van der Waals surface area contributed by atoms with Crippen molar-refractivity contribution < 1.29 is 19.4 Å². The summed E-state index contributed by atoms with van der Waals surface area (Å²) in [6, 6.07) is 7.97. The van der Waals surface area contributed by atoms with E-state index >= 15 is 0 Å². The van der Waals surface area contributed by atoms with Crippen LogP contribution in [0.2, 0.25) is 0 Å². The van der Waals surface area contributed by atoms with Gasteiger partial charge in [-0.15, -0.1) is 0 Å². The highest BCUT2D eigenvalue weighted by Crippen LogP contribution is 2.16. The highest BCUT2D eigenvalue weighted by Gasteiger charge is 2.21. The summed E-state index contributed by atoms with van der Waals surface area (Å²) in [6.45, 7) is 4.01. The van der Waals surface area contributed by atoms with Gasteiger partial charge in [0.15, 0.2) is 0 Å². The number of amides is 2. The summed E-state index contributed by atoms with van der Waals surface area (Å²) in [5, 5.41) is 21.2. The Labute approximate surface area is 145 Å². The van der Waals surface area contributed by atoms with Crippen LogP contribution in [0.5, 0.6) is 5.75 Å². The molecule has 0 bridgehead atoms. The first-order chi connectivity index (χ1) is 12.0. The van der Waals surface area contributed by atoms with Crippen molar-refractivity contribution in [3.8, 4) is 11.8 Å². The molecule has 0 atom stereocenters. The number of carbonyl (C=O) groups is 2. The Hall–Kier alpha value is -3.21. The first-order valence-electron chi connectivity index (χ1n) is 7.91. The average molecular weight is 344 g/mol. The molecule has 132 valence electrons. The number of nitrogens with one attached hydrogen (secondary N) is 1. The highest BCUT2D eigenvalue weighted by atomic mass is 16.6. The maximum absolute atomic E-state index is 12.2. The molecular formula is C17H20N4O4. The molecule has 1 fully saturated rings. The number of hydrogen-bond donors (Lipinski definition) is 2. The number of nitriles is 1. The molecule has 25 heavy (non-hydrogen) atoms. The minimum Gasteiger partial charge on any atom is -0.508 e. The van der Waals surface area contributed by atoms with Crippen molar-refractivity contribution in [2.75, 3.05) is 38.1 Å². The number of nitrogens with zero attached hydrogens (tertiary/aromatic N) is 3. The number of ether oxygens (including phenoxy) is 1. The van der Waals surface area contributed by atoms with Crippen LogP contribution in [0.15, 0.2) is 36.0 Å². The lowest BCUT2D eigenvalue weighted by Crippen LogP contribution is -2.47. The van der Waals surface area contributed by atoms with Crippen LogP contribution in [0.3, 0.4) is 0 Å². The van der Waals surface area contributed by atoms with Crippen LogP contribution >= 0.6 is 0 Å². The number of benzene rings is 1. The lowest BCUT2D eigenvalue weighted by molar-refractivity contribution is -0.112. The smallest absolute Gasteiger partial charge is 0.409 e. The molecule has 1 saturated heterocycles. The molecule has 0 radical (unpaired) electrons. The standard InChI is InChI=1S/C17H20N4O4/c1-2-25-17(24)21-8-6-20(7-9-21)12-13(11-18)16(23)19-14-4-3-5-15(22)10-14/h3-5,10,12,22H,2,6-9H2,1H3,(H,19,23)/b13-12-. The number of carbonyl (C=O) groups excluding carboxylic acids is 2. The minimum atomic E-state index is -0.555. The quantitative estimate of drug-likeness (QED) is 0.633. The van der Waals surface area contributed by atoms with Gasteiger partial charge in [0.05, 0.1) is 6.61 Å². The SMILES string of the molecule is CCOC(=O)N1CCN(/C=C(/C#N)C(=O)Nc2cccc(O)c2)CC1. The molecule has 8 heteroatoms. The van der Waals surface area contributed by atoms with Crippen molar-refractivity contribution in [2.45, 2.75) is 6.92 Å². The predicted molar refractivity (Wildman–Crippen MR) is 90.6 cm³/mol. The Morgan fingerprint density at radius 3 is 2.68 bits per heavy atom. The monoisotopic (exact) mass is 344 g/mol. The third-order valence-electron chi connectivity index (χ3n) is 3.62. The lowest BCUT2D eigenvalue weighted by atomic mass is 10.2. The summed E-state index contributed by atoms with van der Waals surface area (Å²) in [7, 11) is 0. The van der Waals surface area contributed by atoms with E-state index in [1.165, 1.54) is 18.3 Å². The fourth-order valence-corrected chi connectivity index (χ4v) is 2.35. The Balaban J connectivity index is 1.95. The van der Waals surface area contributed by atoms with Gasteiger partial charge in [0, 0.05) is 44.1 Å². The molecule has 8 nitrogen and oxygen atoms in total. The molecule has 2 rings (SSSR count). The Kier molecular flexibility index (Phi) is 6.23. The largest absolute Gasteiger partial charge is 0.508 e. The van der Waals surface area contributed by atoms with Gasteiger partial charge in [-0.3, -0.25) is 4.79 Å². The van der Waals surface area contributed by atoms with Crippen LogP contribution in [0.25, 0.3) is 0 Å². The van der Waals surface area contributed by atoms with E-state index in [-0.39, 0.29) is 17.4 Å². The topological polar surface area (TPSA) is 106 Å². The first kappa shape index (κ1) is 18.1. The van der Waals surface area contributed by atoms with Gasteiger partial charge in [0.1, 0.15) is 17.4 Å². The van der Waals surface area contributed by atoms with E-state index in [0.717, 1.165) is 0 Å². The van der Waals surface area contributed by atoms with Gasteiger partial charge in [0.25, 0.3) is 5.91 Å². The summed E-state index contributed by atoms with van der Waals surface area (Å²) in [4.78, 5) is 27.3. The molecular weight excluding hydrogens is 324 g/mol. The van der Waals surface area contributed by atoms with Gasteiger partial charge in [-0.25, -0.2) is 4.79 Å². The molecule has 0 unspecified atom stereocenters. The Morgan fingerprint density at radius 1 is 1.36 bits per heavy atom. The van der Waals surface area contributed by atoms with Gasteiger partial charge < -0.3 is 25.0 Å². The van der Waals surface area contributed by atoms with E-state index in [4.69, 9.17) is 4.74 Å². The summed E-state index contributed by atoms with van der Waals surface area (Å²) < 4.78 is 4.95. The summed E-state index contributed by atoms with van der Waals surface area (Å²) >= 11 is 0.